The average Bonchev–Trinajstić information content (AvgIpc) is 3.14. The van der Waals surface area contributed by atoms with Gasteiger partial charge in [0, 0.05) is 14.3 Å². The van der Waals surface area contributed by atoms with Gasteiger partial charge in [0.2, 0.25) is 0 Å². The minimum atomic E-state index is -0.630. The Hall–Kier alpha value is -3.07. The largest absolute Gasteiger partial charge is 0.507 e. The maximum Gasteiger partial charge on any atom is 0.413 e. The van der Waals surface area contributed by atoms with E-state index >= 15 is 0 Å². The minimum Gasteiger partial charge on any atom is -0.507 e. The molecule has 0 unspecified atom stereocenters. The van der Waals surface area contributed by atoms with Crippen LogP contribution in [0.25, 0.3) is 16.5 Å². The number of benzene rings is 2. The maximum absolute atomic E-state index is 11.2. The molecule has 1 heterocycles. The quantitative estimate of drug-likeness (QED) is 0.118. The molecule has 31 heavy (non-hydrogen) atoms. The second kappa shape index (κ2) is 13.3. The number of nitrogens with zero attached hydrogens (tertiary/aromatic N) is 2. The number of furan rings is 1. The lowest BCUT2D eigenvalue weighted by Gasteiger charge is -1.95. The van der Waals surface area contributed by atoms with E-state index in [4.69, 9.17) is 15.1 Å². The number of aldehydes is 1. The van der Waals surface area contributed by atoms with Crippen LogP contribution in [0.5, 0.6) is 5.75 Å². The molecule has 2 aromatic carbocycles. The number of esters is 1. The van der Waals surface area contributed by atoms with Crippen molar-refractivity contribution in [2.24, 2.45) is 0 Å². The zero-order valence-corrected chi connectivity index (χ0v) is 19.7. The Bertz CT molecular complexity index is 1120. The van der Waals surface area contributed by atoms with E-state index in [9.17, 15) is 14.4 Å². The van der Waals surface area contributed by atoms with Gasteiger partial charge in [0.25, 0.3) is 0 Å². The molecule has 0 atom stereocenters. The van der Waals surface area contributed by atoms with Crippen molar-refractivity contribution in [3.8, 4) is 5.75 Å². The first-order valence-corrected chi connectivity index (χ1v) is 10.3. The molecule has 0 amide bonds. The molecular weight excluding hydrogens is 536 g/mol. The Labute approximate surface area is 194 Å². The van der Waals surface area contributed by atoms with E-state index in [0.29, 0.717) is 30.2 Å². The summed E-state index contributed by atoms with van der Waals surface area (Å²) in [5, 5.41) is 9.85. The van der Waals surface area contributed by atoms with E-state index in [2.05, 4.69) is 41.4 Å². The number of Topliss-reactive ketones (excluding diaryl/α,β-unsaturated/α-hetero) is 1. The number of fused-ring (bicyclic) bond motifs is 1. The van der Waals surface area contributed by atoms with E-state index < -0.39 is 5.97 Å². The molecule has 162 valence electrons. The second-order valence-electron chi connectivity index (χ2n) is 5.66. The fraction of sp³-hybridized carbons (Fsp3) is 0.143. The van der Waals surface area contributed by atoms with Gasteiger partial charge >= 0.3 is 12.2 Å². The summed E-state index contributed by atoms with van der Waals surface area (Å²) in [6.07, 6.45) is 2.81. The van der Waals surface area contributed by atoms with Crippen LogP contribution in [0.3, 0.4) is 0 Å². The van der Waals surface area contributed by atoms with Crippen LogP contribution in [0, 0.1) is 0 Å². The second-order valence-corrected chi connectivity index (χ2v) is 7.50. The molecule has 1 aromatic heterocycles. The SMILES string of the molecule is CC(=O)c1coc2ccc(Br)cc12.CCOC(=O)C=[N+]=[N-].O=Cc1cc(Br)ccc1O. The highest BCUT2D eigenvalue weighted by Crippen LogP contribution is 2.25. The number of hydrogen-bond acceptors (Lipinski definition) is 6. The summed E-state index contributed by atoms with van der Waals surface area (Å²) < 4.78 is 11.3. The summed E-state index contributed by atoms with van der Waals surface area (Å²) >= 11 is 6.51. The summed E-state index contributed by atoms with van der Waals surface area (Å²) in [4.78, 5) is 33.9. The van der Waals surface area contributed by atoms with Crippen LogP contribution in [0.4, 0.5) is 0 Å². The van der Waals surface area contributed by atoms with Crippen LogP contribution in [-0.4, -0.2) is 40.8 Å². The molecule has 3 rings (SSSR count). The maximum atomic E-state index is 11.2. The number of rotatable bonds is 4. The molecule has 0 bridgehead atoms. The van der Waals surface area contributed by atoms with E-state index in [1.807, 2.05) is 18.2 Å². The van der Waals surface area contributed by atoms with Gasteiger partial charge in [-0.2, -0.15) is 4.79 Å². The third-order valence-electron chi connectivity index (χ3n) is 3.48. The van der Waals surface area contributed by atoms with Gasteiger partial charge in [-0.15, -0.1) is 0 Å². The fourth-order valence-electron chi connectivity index (χ4n) is 2.12. The van der Waals surface area contributed by atoms with Gasteiger partial charge in [0.05, 0.1) is 17.7 Å². The summed E-state index contributed by atoms with van der Waals surface area (Å²) in [7, 11) is 0. The van der Waals surface area contributed by atoms with Crippen LogP contribution >= 0.6 is 31.9 Å². The van der Waals surface area contributed by atoms with Gasteiger partial charge in [-0.1, -0.05) is 31.9 Å². The highest BCUT2D eigenvalue weighted by Gasteiger charge is 2.09. The van der Waals surface area contributed by atoms with Crippen molar-refractivity contribution in [2.45, 2.75) is 13.8 Å². The first-order chi connectivity index (χ1) is 14.7. The van der Waals surface area contributed by atoms with Crippen LogP contribution in [0.15, 0.2) is 56.0 Å². The third-order valence-corrected chi connectivity index (χ3v) is 4.47. The number of halogens is 2. The van der Waals surface area contributed by atoms with Gasteiger partial charge < -0.3 is 19.8 Å². The van der Waals surface area contributed by atoms with Gasteiger partial charge in [0.15, 0.2) is 12.1 Å². The monoisotopic (exact) mass is 552 g/mol. The number of ketones is 1. The summed E-state index contributed by atoms with van der Waals surface area (Å²) in [5.74, 6) is -0.593. The Morgan fingerprint density at radius 1 is 1.19 bits per heavy atom. The average molecular weight is 554 g/mol. The number of phenolic OH excluding ortho intramolecular Hbond substituents is 1. The Morgan fingerprint density at radius 3 is 2.39 bits per heavy atom. The number of carbonyl (C=O) groups is 3. The summed E-state index contributed by atoms with van der Waals surface area (Å²) in [6, 6.07) is 10.3. The Kier molecular flexibility index (Phi) is 11.1. The first-order valence-electron chi connectivity index (χ1n) is 8.69. The smallest absolute Gasteiger partial charge is 0.413 e. The Balaban J connectivity index is 0.000000242. The van der Waals surface area contributed by atoms with Gasteiger partial charge in [0.1, 0.15) is 17.6 Å². The van der Waals surface area contributed by atoms with Gasteiger partial charge in [-0.3, -0.25) is 9.59 Å². The lowest BCUT2D eigenvalue weighted by Crippen LogP contribution is -2.04. The van der Waals surface area contributed by atoms with E-state index in [1.54, 1.807) is 19.1 Å². The van der Waals surface area contributed by atoms with Crippen molar-refractivity contribution in [3.63, 3.8) is 0 Å². The molecule has 3 aromatic rings. The topological polar surface area (TPSA) is 130 Å². The molecule has 8 nitrogen and oxygen atoms in total. The van der Waals surface area contributed by atoms with Crippen LogP contribution in [0.2, 0.25) is 0 Å². The highest BCUT2D eigenvalue weighted by atomic mass is 79.9. The van der Waals surface area contributed by atoms with Crippen molar-refractivity contribution in [1.82, 2.24) is 0 Å². The third kappa shape index (κ3) is 8.67. The van der Waals surface area contributed by atoms with Gasteiger partial charge in [-0.25, -0.2) is 4.79 Å². The molecule has 0 radical (unpaired) electrons. The number of phenols is 1. The van der Waals surface area contributed by atoms with E-state index in [-0.39, 0.29) is 11.5 Å². The summed E-state index contributed by atoms with van der Waals surface area (Å²) in [5.41, 5.74) is 9.41. The summed E-state index contributed by atoms with van der Waals surface area (Å²) in [6.45, 7) is 3.50. The predicted molar refractivity (Wildman–Crippen MR) is 121 cm³/mol. The standard InChI is InChI=1S/C10H7BrO2.C7H5BrO2.C4H6N2O2/c1-6(12)9-5-13-10-3-2-7(11)4-8(9)10;8-6-1-2-7(10)5(3-6)4-9;1-2-8-4(7)3-6-5/h2-5H,1H3;1-4,10H;3H,2H2,1H3. The van der Waals surface area contributed by atoms with Crippen molar-refractivity contribution < 1.29 is 33.4 Å². The zero-order valence-electron chi connectivity index (χ0n) is 16.5. The van der Waals surface area contributed by atoms with Crippen molar-refractivity contribution in [2.75, 3.05) is 6.61 Å². The Morgan fingerprint density at radius 2 is 1.84 bits per heavy atom. The molecule has 0 aliphatic carbocycles. The predicted octanol–water partition coefficient (Wildman–Crippen LogP) is 5.22. The lowest BCUT2D eigenvalue weighted by molar-refractivity contribution is -0.138. The number of carbonyl (C=O) groups excluding carboxylic acids is 3. The van der Waals surface area contributed by atoms with Crippen molar-refractivity contribution in [3.05, 3.63) is 68.3 Å². The normalized spacial score (nSPS) is 9.29. The van der Waals surface area contributed by atoms with Gasteiger partial charge in [-0.05, 0) is 50.2 Å². The zero-order chi connectivity index (χ0) is 23.4. The molecule has 0 saturated heterocycles. The molecular formula is C21H18Br2N2O6. The number of hydrogen-bond donors (Lipinski definition) is 1. The van der Waals surface area contributed by atoms with Crippen molar-refractivity contribution >= 4 is 67.1 Å². The van der Waals surface area contributed by atoms with Crippen LogP contribution in [-0.2, 0) is 9.53 Å². The molecule has 1 N–H and O–H groups in total. The van der Waals surface area contributed by atoms with Crippen LogP contribution < -0.4 is 0 Å². The molecule has 0 saturated carbocycles. The first kappa shape index (κ1) is 26.0. The molecule has 0 aliphatic heterocycles. The molecule has 0 spiro atoms. The minimum absolute atomic E-state index is 0.0122. The molecule has 0 fully saturated rings. The number of aromatic hydroxyl groups is 1. The lowest BCUT2D eigenvalue weighted by atomic mass is 10.1. The fourth-order valence-corrected chi connectivity index (χ4v) is 2.86. The van der Waals surface area contributed by atoms with E-state index in [1.165, 1.54) is 19.3 Å². The highest BCUT2D eigenvalue weighted by molar-refractivity contribution is 9.10. The van der Waals surface area contributed by atoms with E-state index in [0.717, 1.165) is 19.9 Å². The van der Waals surface area contributed by atoms with Crippen molar-refractivity contribution in [1.29, 1.82) is 0 Å². The molecule has 10 heteroatoms. The van der Waals surface area contributed by atoms with Crippen LogP contribution in [0.1, 0.15) is 34.6 Å². The molecule has 0 aliphatic rings. The number of ether oxygens (including phenoxy) is 1.